The van der Waals surface area contributed by atoms with E-state index in [1.165, 1.54) is 6.20 Å². The minimum Gasteiger partial charge on any atom is -0.497 e. The molecule has 5 aromatic rings. The van der Waals surface area contributed by atoms with Crippen LogP contribution in [0.5, 0.6) is 11.5 Å². The van der Waals surface area contributed by atoms with Gasteiger partial charge in [-0.25, -0.2) is 19.2 Å². The summed E-state index contributed by atoms with van der Waals surface area (Å²) in [5.74, 6) is -0.785. The molecule has 8 nitrogen and oxygen atoms in total. The van der Waals surface area contributed by atoms with Crippen molar-refractivity contribution in [1.29, 1.82) is 0 Å². The number of hydrogen-bond acceptors (Lipinski definition) is 6. The molecule has 0 unspecified atom stereocenters. The predicted octanol–water partition coefficient (Wildman–Crippen LogP) is 5.47. The predicted molar refractivity (Wildman–Crippen MR) is 140 cm³/mol. The van der Waals surface area contributed by atoms with Crippen LogP contribution in [-0.2, 0) is 0 Å². The zero-order valence-corrected chi connectivity index (χ0v) is 20.6. The second-order valence-corrected chi connectivity index (χ2v) is 9.15. The van der Waals surface area contributed by atoms with Gasteiger partial charge in [0.25, 0.3) is 0 Å². The number of benzene rings is 3. The maximum absolute atomic E-state index is 15.6. The van der Waals surface area contributed by atoms with Crippen LogP contribution in [0, 0.1) is 5.82 Å². The van der Waals surface area contributed by atoms with Crippen molar-refractivity contribution < 1.29 is 23.8 Å². The van der Waals surface area contributed by atoms with E-state index in [4.69, 9.17) is 19.4 Å². The minimum atomic E-state index is -1.35. The van der Waals surface area contributed by atoms with Crippen molar-refractivity contribution in [2.75, 3.05) is 14.2 Å². The molecule has 1 N–H and O–H groups in total. The maximum atomic E-state index is 15.6. The third-order valence-electron chi connectivity index (χ3n) is 6.79. The molecule has 190 valence electrons. The van der Waals surface area contributed by atoms with Crippen LogP contribution in [0.3, 0.4) is 0 Å². The Labute approximate surface area is 215 Å². The molecule has 2 heterocycles. The summed E-state index contributed by atoms with van der Waals surface area (Å²) in [4.78, 5) is 34.5. The van der Waals surface area contributed by atoms with Crippen LogP contribution in [0.4, 0.5) is 4.39 Å². The van der Waals surface area contributed by atoms with Crippen LogP contribution in [-0.4, -0.2) is 39.8 Å². The lowest BCUT2D eigenvalue weighted by atomic mass is 10.0. The third-order valence-corrected chi connectivity index (χ3v) is 6.79. The molecule has 0 spiro atoms. The van der Waals surface area contributed by atoms with Crippen molar-refractivity contribution in [3.63, 3.8) is 0 Å². The second-order valence-electron chi connectivity index (χ2n) is 9.15. The van der Waals surface area contributed by atoms with Crippen molar-refractivity contribution in [1.82, 2.24) is 14.5 Å². The molecule has 3 aromatic carbocycles. The molecule has 1 fully saturated rings. The molecule has 6 rings (SSSR count). The third kappa shape index (κ3) is 3.83. The van der Waals surface area contributed by atoms with Gasteiger partial charge in [0.2, 0.25) is 5.43 Å². The second kappa shape index (κ2) is 8.95. The topological polar surface area (TPSA) is 104 Å². The van der Waals surface area contributed by atoms with Crippen molar-refractivity contribution in [3.8, 4) is 34.0 Å². The molecule has 0 atom stereocenters. The van der Waals surface area contributed by atoms with E-state index in [1.807, 2.05) is 24.3 Å². The summed E-state index contributed by atoms with van der Waals surface area (Å²) in [6.07, 6.45) is 2.98. The SMILES string of the molecule is COc1ccc(-c2nc3c(F)cc4c(=O)c(C(=O)O)cn(C5CC5)c4c3nc2-c2ccc(OC)cc2)cc1. The number of aromatic carboxylic acids is 1. The monoisotopic (exact) mass is 511 g/mol. The molecule has 1 saturated carbocycles. The number of carboxylic acid groups (broad SMARTS) is 1. The van der Waals surface area contributed by atoms with Gasteiger partial charge in [-0.15, -0.1) is 0 Å². The average molecular weight is 512 g/mol. The molecule has 1 aliphatic carbocycles. The van der Waals surface area contributed by atoms with E-state index in [2.05, 4.69) is 0 Å². The lowest BCUT2D eigenvalue weighted by Gasteiger charge is -2.16. The standard InChI is InChI=1S/C29H22FN3O5/c1-37-18-9-3-15(4-10-18)23-24(16-5-11-19(38-2)12-6-16)32-26-25(31-23)22(30)13-20-27(26)33(17-7-8-17)14-21(28(20)34)29(35)36/h3-6,9-14,17H,7-8H2,1-2H3,(H,35,36). The van der Waals surface area contributed by atoms with E-state index in [0.717, 1.165) is 18.9 Å². The van der Waals surface area contributed by atoms with E-state index in [-0.39, 0.29) is 22.5 Å². The van der Waals surface area contributed by atoms with Gasteiger partial charge in [-0.05, 0) is 67.4 Å². The number of fused-ring (bicyclic) bond motifs is 3. The summed E-state index contributed by atoms with van der Waals surface area (Å²) in [6, 6.07) is 15.5. The molecule has 0 aliphatic heterocycles. The summed E-state index contributed by atoms with van der Waals surface area (Å²) in [5.41, 5.74) is 1.76. The molecule has 9 heteroatoms. The highest BCUT2D eigenvalue weighted by Gasteiger charge is 2.29. The van der Waals surface area contributed by atoms with Crippen molar-refractivity contribution in [2.45, 2.75) is 18.9 Å². The smallest absolute Gasteiger partial charge is 0.341 e. The summed E-state index contributed by atoms with van der Waals surface area (Å²) >= 11 is 0. The van der Waals surface area contributed by atoms with E-state index in [0.29, 0.717) is 39.5 Å². The fraction of sp³-hybridized carbons (Fsp3) is 0.172. The number of carboxylic acids is 1. The van der Waals surface area contributed by atoms with E-state index < -0.39 is 22.8 Å². The first-order valence-corrected chi connectivity index (χ1v) is 12.0. The Kier molecular flexibility index (Phi) is 5.56. The molecule has 1 aliphatic rings. The fourth-order valence-electron chi connectivity index (χ4n) is 4.69. The van der Waals surface area contributed by atoms with Gasteiger partial charge in [-0.1, -0.05) is 0 Å². The van der Waals surface area contributed by atoms with Crippen molar-refractivity contribution >= 4 is 27.9 Å². The molecule has 0 saturated heterocycles. The zero-order chi connectivity index (χ0) is 26.6. The van der Waals surface area contributed by atoms with Crippen molar-refractivity contribution in [2.24, 2.45) is 0 Å². The number of aromatic nitrogens is 3. The first-order valence-electron chi connectivity index (χ1n) is 12.0. The number of hydrogen-bond donors (Lipinski definition) is 1. The van der Waals surface area contributed by atoms with Gasteiger partial charge in [0.1, 0.15) is 28.1 Å². The van der Waals surface area contributed by atoms with Gasteiger partial charge >= 0.3 is 5.97 Å². The van der Waals surface area contributed by atoms with Gasteiger partial charge in [-0.3, -0.25) is 4.79 Å². The Morgan fingerprint density at radius 2 is 1.45 bits per heavy atom. The quantitative estimate of drug-likeness (QED) is 0.302. The number of carbonyl (C=O) groups is 1. The number of halogens is 1. The Morgan fingerprint density at radius 1 is 0.921 bits per heavy atom. The number of nitrogens with zero attached hydrogens (tertiary/aromatic N) is 3. The van der Waals surface area contributed by atoms with Gasteiger partial charge < -0.3 is 19.1 Å². The summed E-state index contributed by atoms with van der Waals surface area (Å²) in [7, 11) is 3.15. The Balaban J connectivity index is 1.73. The van der Waals surface area contributed by atoms with Crippen LogP contribution in [0.15, 0.2) is 65.6 Å². The lowest BCUT2D eigenvalue weighted by Crippen LogP contribution is -2.19. The maximum Gasteiger partial charge on any atom is 0.341 e. The Morgan fingerprint density at radius 3 is 1.92 bits per heavy atom. The van der Waals surface area contributed by atoms with Crippen LogP contribution in [0.2, 0.25) is 0 Å². The van der Waals surface area contributed by atoms with Crippen molar-refractivity contribution in [3.05, 3.63) is 82.4 Å². The summed E-state index contributed by atoms with van der Waals surface area (Å²) in [6.45, 7) is 0. The Bertz CT molecular complexity index is 1790. The van der Waals surface area contributed by atoms with Gasteiger partial charge in [0.05, 0.1) is 36.5 Å². The first kappa shape index (κ1) is 23.6. The molecule has 0 radical (unpaired) electrons. The largest absolute Gasteiger partial charge is 0.497 e. The van der Waals surface area contributed by atoms with E-state index in [9.17, 15) is 14.7 Å². The molecular formula is C29H22FN3O5. The van der Waals surface area contributed by atoms with Crippen LogP contribution < -0.4 is 14.9 Å². The highest BCUT2D eigenvalue weighted by Crippen LogP contribution is 2.40. The lowest BCUT2D eigenvalue weighted by molar-refractivity contribution is 0.0695. The summed E-state index contributed by atoms with van der Waals surface area (Å²) < 4.78 is 27.9. The average Bonchev–Trinajstić information content (AvgIpc) is 3.78. The fourth-order valence-corrected chi connectivity index (χ4v) is 4.69. The first-order chi connectivity index (χ1) is 18.4. The highest BCUT2D eigenvalue weighted by molar-refractivity contribution is 6.05. The number of pyridine rings is 1. The number of rotatable bonds is 6. The van der Waals surface area contributed by atoms with E-state index in [1.54, 1.807) is 43.1 Å². The van der Waals surface area contributed by atoms with Crippen LogP contribution in [0.25, 0.3) is 44.5 Å². The molecule has 0 amide bonds. The molecule has 38 heavy (non-hydrogen) atoms. The van der Waals surface area contributed by atoms with Crippen LogP contribution in [0.1, 0.15) is 29.2 Å². The minimum absolute atomic E-state index is 0.00236. The number of ether oxygens (including phenoxy) is 2. The van der Waals surface area contributed by atoms with Crippen LogP contribution >= 0.6 is 0 Å². The summed E-state index contributed by atoms with van der Waals surface area (Å²) in [5, 5.41) is 9.58. The van der Waals surface area contributed by atoms with Gasteiger partial charge in [0, 0.05) is 23.4 Å². The normalized spacial score (nSPS) is 13.1. The van der Waals surface area contributed by atoms with Gasteiger partial charge in [-0.2, -0.15) is 0 Å². The molecule has 0 bridgehead atoms. The zero-order valence-electron chi connectivity index (χ0n) is 20.6. The molecule has 2 aromatic heterocycles. The Hall–Kier alpha value is -4.79. The molecular weight excluding hydrogens is 489 g/mol. The highest BCUT2D eigenvalue weighted by atomic mass is 19.1. The van der Waals surface area contributed by atoms with Gasteiger partial charge in [0.15, 0.2) is 5.82 Å². The number of methoxy groups -OCH3 is 2. The van der Waals surface area contributed by atoms with E-state index >= 15 is 4.39 Å².